The van der Waals surface area contributed by atoms with Crippen LogP contribution in [0.3, 0.4) is 0 Å². The highest BCUT2D eigenvalue weighted by Crippen LogP contribution is 2.26. The quantitative estimate of drug-likeness (QED) is 0.581. The van der Waals surface area contributed by atoms with Gasteiger partial charge in [0, 0.05) is 13.1 Å². The summed E-state index contributed by atoms with van der Waals surface area (Å²) in [5, 5.41) is 0. The molecule has 0 saturated carbocycles. The van der Waals surface area contributed by atoms with Crippen LogP contribution in [0.2, 0.25) is 0 Å². The molecule has 2 amide bonds. The van der Waals surface area contributed by atoms with Gasteiger partial charge in [0.1, 0.15) is 12.2 Å². The second-order valence-corrected chi connectivity index (χ2v) is 7.86. The Bertz CT molecular complexity index is 715. The summed E-state index contributed by atoms with van der Waals surface area (Å²) in [5.74, 6) is -0.626. The third-order valence-corrected chi connectivity index (χ3v) is 4.39. The molecule has 0 aromatic heterocycles. The van der Waals surface area contributed by atoms with E-state index in [4.69, 9.17) is 14.2 Å². The first-order chi connectivity index (χ1) is 13.1. The topological polar surface area (TPSA) is 85.4 Å². The SMILES string of the molecule is COC(=O)C1(C)CN(C(=O)OCc2ccccc2)CCN1C(=O)OC(C)(C)C. The number of ether oxygens (including phenoxy) is 3. The minimum atomic E-state index is -1.37. The van der Waals surface area contributed by atoms with Crippen LogP contribution in [0.5, 0.6) is 0 Å². The molecule has 0 aliphatic carbocycles. The van der Waals surface area contributed by atoms with Crippen LogP contribution in [-0.2, 0) is 25.6 Å². The molecule has 8 nitrogen and oxygen atoms in total. The molecular weight excluding hydrogens is 364 g/mol. The number of hydrogen-bond donors (Lipinski definition) is 0. The van der Waals surface area contributed by atoms with Crippen LogP contribution in [0, 0.1) is 0 Å². The Balaban J connectivity index is 2.10. The zero-order valence-corrected chi connectivity index (χ0v) is 17.1. The third-order valence-electron chi connectivity index (χ3n) is 4.39. The summed E-state index contributed by atoms with van der Waals surface area (Å²) >= 11 is 0. The summed E-state index contributed by atoms with van der Waals surface area (Å²) in [6.07, 6.45) is -1.18. The molecule has 154 valence electrons. The van der Waals surface area contributed by atoms with Crippen molar-refractivity contribution in [2.24, 2.45) is 0 Å². The maximum Gasteiger partial charge on any atom is 0.411 e. The van der Waals surface area contributed by atoms with Crippen molar-refractivity contribution in [1.29, 1.82) is 0 Å². The maximum atomic E-state index is 12.6. The van der Waals surface area contributed by atoms with Gasteiger partial charge in [0.05, 0.1) is 13.7 Å². The van der Waals surface area contributed by atoms with E-state index in [9.17, 15) is 14.4 Å². The minimum absolute atomic E-state index is 0.0491. The summed E-state index contributed by atoms with van der Waals surface area (Å²) in [7, 11) is 1.24. The lowest BCUT2D eigenvalue weighted by molar-refractivity contribution is -0.157. The molecule has 1 aliphatic heterocycles. The number of carbonyl (C=O) groups excluding carboxylic acids is 3. The molecule has 1 unspecified atom stereocenters. The molecule has 1 aromatic rings. The van der Waals surface area contributed by atoms with Crippen LogP contribution >= 0.6 is 0 Å². The van der Waals surface area contributed by atoms with Crippen molar-refractivity contribution in [2.45, 2.75) is 45.4 Å². The summed E-state index contributed by atoms with van der Waals surface area (Å²) in [4.78, 5) is 40.3. The highest BCUT2D eigenvalue weighted by atomic mass is 16.6. The molecule has 1 aliphatic rings. The number of benzene rings is 1. The monoisotopic (exact) mass is 392 g/mol. The number of nitrogens with zero attached hydrogens (tertiary/aromatic N) is 2. The summed E-state index contributed by atoms with van der Waals surface area (Å²) in [5.41, 5.74) is -1.22. The molecule has 1 atom stereocenters. The van der Waals surface area contributed by atoms with Gasteiger partial charge in [-0.15, -0.1) is 0 Å². The van der Waals surface area contributed by atoms with Crippen molar-refractivity contribution in [1.82, 2.24) is 9.80 Å². The first-order valence-corrected chi connectivity index (χ1v) is 9.11. The molecule has 1 fully saturated rings. The summed E-state index contributed by atoms with van der Waals surface area (Å²) in [6.45, 7) is 7.22. The molecule has 0 N–H and O–H groups in total. The molecule has 1 saturated heterocycles. The molecule has 28 heavy (non-hydrogen) atoms. The molecule has 2 rings (SSSR count). The Hall–Kier alpha value is -2.77. The van der Waals surface area contributed by atoms with E-state index >= 15 is 0 Å². The van der Waals surface area contributed by atoms with E-state index in [0.29, 0.717) is 0 Å². The van der Waals surface area contributed by atoms with E-state index in [0.717, 1.165) is 5.56 Å². The Kier molecular flexibility index (Phi) is 6.53. The average molecular weight is 392 g/mol. The lowest BCUT2D eigenvalue weighted by Crippen LogP contribution is -2.67. The van der Waals surface area contributed by atoms with E-state index in [1.807, 2.05) is 30.3 Å². The van der Waals surface area contributed by atoms with Crippen LogP contribution in [0.4, 0.5) is 9.59 Å². The second kappa shape index (κ2) is 8.50. The molecule has 0 radical (unpaired) electrons. The summed E-state index contributed by atoms with van der Waals surface area (Å²) in [6, 6.07) is 9.30. The number of piperazine rings is 1. The van der Waals surface area contributed by atoms with Gasteiger partial charge in [0.15, 0.2) is 5.54 Å². The van der Waals surface area contributed by atoms with Crippen LogP contribution in [-0.4, -0.2) is 65.8 Å². The first-order valence-electron chi connectivity index (χ1n) is 9.11. The van der Waals surface area contributed by atoms with Gasteiger partial charge in [-0.2, -0.15) is 0 Å². The van der Waals surface area contributed by atoms with E-state index in [2.05, 4.69) is 0 Å². The minimum Gasteiger partial charge on any atom is -0.467 e. The van der Waals surface area contributed by atoms with Gasteiger partial charge in [-0.25, -0.2) is 14.4 Å². The van der Waals surface area contributed by atoms with Crippen LogP contribution < -0.4 is 0 Å². The molecule has 1 aromatic carbocycles. The largest absolute Gasteiger partial charge is 0.467 e. The van der Waals surface area contributed by atoms with Crippen molar-refractivity contribution in [3.05, 3.63) is 35.9 Å². The van der Waals surface area contributed by atoms with Crippen molar-refractivity contribution in [3.63, 3.8) is 0 Å². The predicted octanol–water partition coefficient (Wildman–Crippen LogP) is 2.81. The molecular formula is C20H28N2O6. The Labute approximate surface area is 165 Å². The predicted molar refractivity (Wildman–Crippen MR) is 102 cm³/mol. The zero-order valence-electron chi connectivity index (χ0n) is 17.1. The van der Waals surface area contributed by atoms with Crippen LogP contribution in [0.25, 0.3) is 0 Å². The second-order valence-electron chi connectivity index (χ2n) is 7.86. The van der Waals surface area contributed by atoms with E-state index in [1.165, 1.54) is 16.9 Å². The third kappa shape index (κ3) is 5.15. The Morgan fingerprint density at radius 3 is 2.29 bits per heavy atom. The number of carbonyl (C=O) groups is 3. The molecule has 8 heteroatoms. The van der Waals surface area contributed by atoms with Gasteiger partial charge in [0.2, 0.25) is 0 Å². The van der Waals surface area contributed by atoms with Crippen molar-refractivity contribution in [3.8, 4) is 0 Å². The Morgan fingerprint density at radius 1 is 1.07 bits per heavy atom. The van der Waals surface area contributed by atoms with Gasteiger partial charge < -0.3 is 19.1 Å². The van der Waals surface area contributed by atoms with Gasteiger partial charge in [-0.3, -0.25) is 4.90 Å². The van der Waals surface area contributed by atoms with Crippen LogP contribution in [0.15, 0.2) is 30.3 Å². The van der Waals surface area contributed by atoms with E-state index in [1.54, 1.807) is 27.7 Å². The maximum absolute atomic E-state index is 12.6. The highest BCUT2D eigenvalue weighted by Gasteiger charge is 2.50. The molecule has 0 bridgehead atoms. The lowest BCUT2D eigenvalue weighted by atomic mass is 9.97. The van der Waals surface area contributed by atoms with Gasteiger partial charge in [0.25, 0.3) is 0 Å². The van der Waals surface area contributed by atoms with Gasteiger partial charge in [-0.05, 0) is 33.3 Å². The lowest BCUT2D eigenvalue weighted by Gasteiger charge is -2.46. The number of methoxy groups -OCH3 is 1. The molecule has 1 heterocycles. The van der Waals surface area contributed by atoms with Crippen molar-refractivity contribution in [2.75, 3.05) is 26.7 Å². The summed E-state index contributed by atoms with van der Waals surface area (Å²) < 4.78 is 15.7. The average Bonchev–Trinajstić information content (AvgIpc) is 2.64. The fraction of sp³-hybridized carbons (Fsp3) is 0.550. The first kappa shape index (κ1) is 21.5. The van der Waals surface area contributed by atoms with Crippen LogP contribution in [0.1, 0.15) is 33.3 Å². The number of rotatable bonds is 3. The number of amides is 2. The standard InChI is InChI=1S/C20H28N2O6/c1-19(2,3)28-18(25)22-12-11-21(14-20(22,4)16(23)26-5)17(24)27-13-15-9-7-6-8-10-15/h6-10H,11-14H2,1-5H3. The zero-order chi connectivity index (χ0) is 20.9. The fourth-order valence-electron chi connectivity index (χ4n) is 2.97. The number of hydrogen-bond acceptors (Lipinski definition) is 6. The molecule has 0 spiro atoms. The highest BCUT2D eigenvalue weighted by molar-refractivity contribution is 5.87. The van der Waals surface area contributed by atoms with Gasteiger partial charge >= 0.3 is 18.2 Å². The van der Waals surface area contributed by atoms with Crippen molar-refractivity contribution < 1.29 is 28.6 Å². The van der Waals surface area contributed by atoms with Crippen molar-refractivity contribution >= 4 is 18.2 Å². The Morgan fingerprint density at radius 2 is 1.71 bits per heavy atom. The smallest absolute Gasteiger partial charge is 0.411 e. The van der Waals surface area contributed by atoms with Gasteiger partial charge in [-0.1, -0.05) is 30.3 Å². The normalized spacial score (nSPS) is 19.8. The van der Waals surface area contributed by atoms with E-state index in [-0.39, 0.29) is 26.2 Å². The fourth-order valence-corrected chi connectivity index (χ4v) is 2.97. The number of esters is 1. The van der Waals surface area contributed by atoms with E-state index < -0.39 is 29.3 Å².